The van der Waals surface area contributed by atoms with Crippen molar-refractivity contribution < 1.29 is 9.53 Å². The summed E-state index contributed by atoms with van der Waals surface area (Å²) in [4.78, 5) is 10.8. The predicted molar refractivity (Wildman–Crippen MR) is 59.2 cm³/mol. The lowest BCUT2D eigenvalue weighted by Crippen LogP contribution is -1.98. The van der Waals surface area contributed by atoms with Gasteiger partial charge in [0.1, 0.15) is 0 Å². The van der Waals surface area contributed by atoms with Crippen molar-refractivity contribution in [3.05, 3.63) is 35.9 Å². The van der Waals surface area contributed by atoms with Gasteiger partial charge < -0.3 is 4.74 Å². The van der Waals surface area contributed by atoms with Crippen molar-refractivity contribution in [3.8, 4) is 11.8 Å². The summed E-state index contributed by atoms with van der Waals surface area (Å²) in [6, 6.07) is 9.81. The van der Waals surface area contributed by atoms with Gasteiger partial charge in [0.05, 0.1) is 7.11 Å². The Morgan fingerprint density at radius 1 is 1.33 bits per heavy atom. The molecule has 2 heteroatoms. The van der Waals surface area contributed by atoms with Crippen LogP contribution in [-0.2, 0) is 9.53 Å². The molecule has 0 amide bonds. The lowest BCUT2D eigenvalue weighted by atomic mass is 10.2. The lowest BCUT2D eigenvalue weighted by molar-refractivity contribution is -0.140. The molecule has 0 radical (unpaired) electrons. The molecular weight excluding hydrogens is 188 g/mol. The number of hydrogen-bond acceptors (Lipinski definition) is 2. The number of carbonyl (C=O) groups excluding carboxylic acids is 1. The van der Waals surface area contributed by atoms with Crippen LogP contribution >= 0.6 is 0 Å². The number of methoxy groups -OCH3 is 1. The summed E-state index contributed by atoms with van der Waals surface area (Å²) in [7, 11) is 1.40. The fraction of sp³-hybridized carbons (Fsp3) is 0.308. The van der Waals surface area contributed by atoms with Crippen molar-refractivity contribution in [2.45, 2.75) is 19.3 Å². The van der Waals surface area contributed by atoms with Gasteiger partial charge in [-0.15, -0.1) is 0 Å². The summed E-state index contributed by atoms with van der Waals surface area (Å²) < 4.78 is 4.53. The molecule has 0 atom stereocenters. The predicted octanol–water partition coefficient (Wildman–Crippen LogP) is 2.38. The molecule has 2 nitrogen and oxygen atoms in total. The first kappa shape index (κ1) is 11.3. The summed E-state index contributed by atoms with van der Waals surface area (Å²) in [5.41, 5.74) is 1.01. The van der Waals surface area contributed by atoms with Crippen molar-refractivity contribution in [1.82, 2.24) is 0 Å². The van der Waals surface area contributed by atoms with Gasteiger partial charge >= 0.3 is 5.97 Å². The van der Waals surface area contributed by atoms with Crippen LogP contribution < -0.4 is 0 Å². The third-order valence-corrected chi connectivity index (χ3v) is 1.92. The van der Waals surface area contributed by atoms with Crippen LogP contribution in [0.15, 0.2) is 30.3 Å². The highest BCUT2D eigenvalue weighted by atomic mass is 16.5. The van der Waals surface area contributed by atoms with Crippen LogP contribution in [0.1, 0.15) is 24.8 Å². The highest BCUT2D eigenvalue weighted by Gasteiger charge is 1.96. The van der Waals surface area contributed by atoms with Gasteiger partial charge in [0.2, 0.25) is 0 Å². The number of benzene rings is 1. The van der Waals surface area contributed by atoms with Gasteiger partial charge in [-0.25, -0.2) is 0 Å². The van der Waals surface area contributed by atoms with Gasteiger partial charge in [-0.1, -0.05) is 30.0 Å². The van der Waals surface area contributed by atoms with Gasteiger partial charge in [0, 0.05) is 18.4 Å². The normalized spacial score (nSPS) is 8.87. The fourth-order valence-electron chi connectivity index (χ4n) is 1.11. The maximum absolute atomic E-state index is 10.8. The van der Waals surface area contributed by atoms with Crippen molar-refractivity contribution in [1.29, 1.82) is 0 Å². The van der Waals surface area contributed by atoms with E-state index in [1.54, 1.807) is 0 Å². The highest BCUT2D eigenvalue weighted by molar-refractivity contribution is 5.69. The first-order valence-corrected chi connectivity index (χ1v) is 4.93. The second kappa shape index (κ2) is 6.67. The molecule has 15 heavy (non-hydrogen) atoms. The monoisotopic (exact) mass is 202 g/mol. The number of carbonyl (C=O) groups is 1. The zero-order valence-electron chi connectivity index (χ0n) is 8.82. The molecule has 0 N–H and O–H groups in total. The molecule has 0 aliphatic heterocycles. The minimum Gasteiger partial charge on any atom is -0.469 e. The van der Waals surface area contributed by atoms with E-state index < -0.39 is 0 Å². The van der Waals surface area contributed by atoms with Crippen LogP contribution in [0.25, 0.3) is 0 Å². The average Bonchev–Trinajstić information content (AvgIpc) is 2.29. The SMILES string of the molecule is COC(=O)CCCC#Cc1ccccc1. The molecule has 0 heterocycles. The molecule has 0 fully saturated rings. The Bertz CT molecular complexity index is 357. The largest absolute Gasteiger partial charge is 0.469 e. The zero-order chi connectivity index (χ0) is 10.9. The minimum atomic E-state index is -0.170. The molecule has 78 valence electrons. The average molecular weight is 202 g/mol. The molecule has 1 rings (SSSR count). The summed E-state index contributed by atoms with van der Waals surface area (Å²) in [6.45, 7) is 0. The van der Waals surface area contributed by atoms with Crippen molar-refractivity contribution >= 4 is 5.97 Å². The molecule has 0 spiro atoms. The summed E-state index contributed by atoms with van der Waals surface area (Å²) in [5.74, 6) is 5.89. The molecule has 1 aromatic carbocycles. The van der Waals surface area contributed by atoms with E-state index in [1.165, 1.54) is 7.11 Å². The summed E-state index contributed by atoms with van der Waals surface area (Å²) in [5, 5.41) is 0. The van der Waals surface area contributed by atoms with Crippen LogP contribution in [0.2, 0.25) is 0 Å². The highest BCUT2D eigenvalue weighted by Crippen LogP contribution is 1.98. The number of ether oxygens (including phenoxy) is 1. The number of unbranched alkanes of at least 4 members (excludes halogenated alkanes) is 1. The number of rotatable bonds is 3. The molecule has 0 saturated heterocycles. The van der Waals surface area contributed by atoms with Crippen LogP contribution in [0.3, 0.4) is 0 Å². The van der Waals surface area contributed by atoms with Crippen LogP contribution in [0.5, 0.6) is 0 Å². The smallest absolute Gasteiger partial charge is 0.305 e. The maximum Gasteiger partial charge on any atom is 0.305 e. The Balaban J connectivity index is 2.26. The Morgan fingerprint density at radius 2 is 2.07 bits per heavy atom. The number of hydrogen-bond donors (Lipinski definition) is 0. The second-order valence-electron chi connectivity index (χ2n) is 3.10. The van der Waals surface area contributed by atoms with Gasteiger partial charge in [-0.3, -0.25) is 4.79 Å². The molecule has 0 bridgehead atoms. The Hall–Kier alpha value is -1.75. The first-order chi connectivity index (χ1) is 7.33. The van der Waals surface area contributed by atoms with Gasteiger partial charge in [0.15, 0.2) is 0 Å². The molecule has 0 aliphatic rings. The standard InChI is InChI=1S/C13H14O2/c1-15-13(14)11-7-3-6-10-12-8-4-2-5-9-12/h2,4-5,8-9H,3,7,11H2,1H3. The minimum absolute atomic E-state index is 0.170. The van der Waals surface area contributed by atoms with E-state index in [1.807, 2.05) is 30.3 Å². The summed E-state index contributed by atoms with van der Waals surface area (Å²) >= 11 is 0. The Labute approximate surface area is 90.3 Å². The van der Waals surface area contributed by atoms with E-state index in [2.05, 4.69) is 16.6 Å². The first-order valence-electron chi connectivity index (χ1n) is 4.93. The number of esters is 1. The van der Waals surface area contributed by atoms with Crippen molar-refractivity contribution in [2.24, 2.45) is 0 Å². The van der Waals surface area contributed by atoms with Crippen molar-refractivity contribution in [3.63, 3.8) is 0 Å². The third-order valence-electron chi connectivity index (χ3n) is 1.92. The molecule has 0 aromatic heterocycles. The van der Waals surface area contributed by atoms with E-state index >= 15 is 0 Å². The van der Waals surface area contributed by atoms with E-state index in [4.69, 9.17) is 0 Å². The second-order valence-corrected chi connectivity index (χ2v) is 3.10. The third kappa shape index (κ3) is 4.87. The van der Waals surface area contributed by atoms with E-state index in [0.29, 0.717) is 6.42 Å². The topological polar surface area (TPSA) is 26.3 Å². The summed E-state index contributed by atoms with van der Waals surface area (Å²) in [6.07, 6.45) is 1.93. The lowest BCUT2D eigenvalue weighted by Gasteiger charge is -1.94. The van der Waals surface area contributed by atoms with E-state index in [9.17, 15) is 4.79 Å². The van der Waals surface area contributed by atoms with E-state index in [0.717, 1.165) is 18.4 Å². The van der Waals surface area contributed by atoms with E-state index in [-0.39, 0.29) is 5.97 Å². The molecular formula is C13H14O2. The molecule has 0 saturated carbocycles. The molecule has 1 aromatic rings. The van der Waals surface area contributed by atoms with Gasteiger partial charge in [0.25, 0.3) is 0 Å². The maximum atomic E-state index is 10.8. The van der Waals surface area contributed by atoms with Crippen molar-refractivity contribution in [2.75, 3.05) is 7.11 Å². The molecule has 0 aliphatic carbocycles. The quantitative estimate of drug-likeness (QED) is 0.427. The van der Waals surface area contributed by atoms with Crippen LogP contribution in [0.4, 0.5) is 0 Å². The molecule has 0 unspecified atom stereocenters. The van der Waals surface area contributed by atoms with Gasteiger partial charge in [-0.05, 0) is 18.6 Å². The zero-order valence-corrected chi connectivity index (χ0v) is 8.82. The van der Waals surface area contributed by atoms with Crippen LogP contribution in [0, 0.1) is 11.8 Å². The van der Waals surface area contributed by atoms with Gasteiger partial charge in [-0.2, -0.15) is 0 Å². The Morgan fingerprint density at radius 3 is 2.73 bits per heavy atom. The van der Waals surface area contributed by atoms with Crippen LogP contribution in [-0.4, -0.2) is 13.1 Å². The Kier molecular flexibility index (Phi) is 5.03. The fourth-order valence-corrected chi connectivity index (χ4v) is 1.11.